The second-order valence-electron chi connectivity index (χ2n) is 6.88. The second-order valence-corrected chi connectivity index (χ2v) is 6.88. The Morgan fingerprint density at radius 3 is 2.54 bits per heavy atom. The van der Waals surface area contributed by atoms with Gasteiger partial charge < -0.3 is 19.7 Å². The minimum atomic E-state index is -0.181. The third-order valence-electron chi connectivity index (χ3n) is 5.12. The number of benzene rings is 2. The molecule has 0 aromatic heterocycles. The summed E-state index contributed by atoms with van der Waals surface area (Å²) in [6.45, 7) is 2.52. The Labute approximate surface area is 165 Å². The lowest BCUT2D eigenvalue weighted by atomic mass is 9.98. The van der Waals surface area contributed by atoms with E-state index < -0.39 is 0 Å². The molecule has 0 unspecified atom stereocenters. The molecular formula is C22H27FN2O3. The normalized spacial score (nSPS) is 13.2. The Kier molecular flexibility index (Phi) is 6.87. The van der Waals surface area contributed by atoms with Gasteiger partial charge in [0.2, 0.25) is 5.91 Å². The van der Waals surface area contributed by atoms with Crippen molar-refractivity contribution in [3.05, 3.63) is 58.9 Å². The van der Waals surface area contributed by atoms with Gasteiger partial charge in [0, 0.05) is 26.1 Å². The van der Waals surface area contributed by atoms with Gasteiger partial charge in [0.25, 0.3) is 0 Å². The van der Waals surface area contributed by atoms with Crippen LogP contribution in [0.15, 0.2) is 36.4 Å². The summed E-state index contributed by atoms with van der Waals surface area (Å²) in [5.74, 6) is 1.35. The quantitative estimate of drug-likeness (QED) is 0.709. The van der Waals surface area contributed by atoms with E-state index in [9.17, 15) is 9.18 Å². The summed E-state index contributed by atoms with van der Waals surface area (Å²) >= 11 is 0. The summed E-state index contributed by atoms with van der Waals surface area (Å²) in [4.78, 5) is 14.4. The molecular weight excluding hydrogens is 359 g/mol. The predicted molar refractivity (Wildman–Crippen MR) is 106 cm³/mol. The molecule has 1 heterocycles. The molecule has 1 N–H and O–H groups in total. The molecule has 28 heavy (non-hydrogen) atoms. The molecule has 5 nitrogen and oxygen atoms in total. The van der Waals surface area contributed by atoms with Crippen LogP contribution in [0.3, 0.4) is 0 Å². The molecule has 2 aromatic carbocycles. The standard InChI is InChI=1S/C22H27FN2O3/c1-27-20-13-17-9-12-25(15-18(17)14-21(20)28-2)22(26)8-11-24-10-7-16-5-3-4-6-19(16)23/h3-6,13-14,24H,7-12,15H2,1-2H3. The molecule has 0 fully saturated rings. The number of methoxy groups -OCH3 is 2. The molecule has 0 aliphatic carbocycles. The zero-order chi connectivity index (χ0) is 19.9. The van der Waals surface area contributed by atoms with Crippen molar-refractivity contribution < 1.29 is 18.7 Å². The number of hydrogen-bond donors (Lipinski definition) is 1. The van der Waals surface area contributed by atoms with E-state index in [0.29, 0.717) is 50.3 Å². The number of nitrogens with zero attached hydrogens (tertiary/aromatic N) is 1. The van der Waals surface area contributed by atoms with E-state index in [4.69, 9.17) is 9.47 Å². The molecule has 6 heteroatoms. The molecule has 0 radical (unpaired) electrons. The number of carbonyl (C=O) groups excluding carboxylic acids is 1. The minimum Gasteiger partial charge on any atom is -0.493 e. The van der Waals surface area contributed by atoms with Crippen LogP contribution in [-0.4, -0.2) is 44.7 Å². The first-order chi connectivity index (χ1) is 13.6. The van der Waals surface area contributed by atoms with Crippen LogP contribution in [0, 0.1) is 5.82 Å². The number of hydrogen-bond acceptors (Lipinski definition) is 4. The molecule has 2 aromatic rings. The van der Waals surface area contributed by atoms with Gasteiger partial charge >= 0.3 is 0 Å². The van der Waals surface area contributed by atoms with E-state index in [1.807, 2.05) is 23.1 Å². The summed E-state index contributed by atoms with van der Waals surface area (Å²) in [6.07, 6.45) is 1.85. The van der Waals surface area contributed by atoms with Gasteiger partial charge in [0.15, 0.2) is 11.5 Å². The van der Waals surface area contributed by atoms with Gasteiger partial charge in [-0.15, -0.1) is 0 Å². The van der Waals surface area contributed by atoms with Crippen LogP contribution in [0.2, 0.25) is 0 Å². The van der Waals surface area contributed by atoms with E-state index in [1.165, 1.54) is 11.6 Å². The number of rotatable bonds is 8. The zero-order valence-electron chi connectivity index (χ0n) is 16.5. The SMILES string of the molecule is COc1cc2c(cc1OC)CN(C(=O)CCNCCc1ccccc1F)CC2. The average molecular weight is 386 g/mol. The van der Waals surface area contributed by atoms with Crippen LogP contribution in [0.25, 0.3) is 0 Å². The van der Waals surface area contributed by atoms with Gasteiger partial charge in [-0.05, 0) is 54.3 Å². The van der Waals surface area contributed by atoms with Crippen LogP contribution < -0.4 is 14.8 Å². The number of ether oxygens (including phenoxy) is 2. The predicted octanol–water partition coefficient (Wildman–Crippen LogP) is 2.95. The molecule has 0 spiro atoms. The first-order valence-electron chi connectivity index (χ1n) is 9.58. The van der Waals surface area contributed by atoms with E-state index >= 15 is 0 Å². The number of nitrogens with one attached hydrogen (secondary N) is 1. The molecule has 0 saturated carbocycles. The molecule has 150 valence electrons. The number of carbonyl (C=O) groups is 1. The molecule has 1 amide bonds. The van der Waals surface area contributed by atoms with Crippen molar-refractivity contribution in [1.82, 2.24) is 10.2 Å². The summed E-state index contributed by atoms with van der Waals surface area (Å²) in [5.41, 5.74) is 2.99. The molecule has 0 bridgehead atoms. The largest absolute Gasteiger partial charge is 0.493 e. The van der Waals surface area contributed by atoms with Crippen molar-refractivity contribution in [3.63, 3.8) is 0 Å². The van der Waals surface area contributed by atoms with Crippen molar-refractivity contribution in [2.75, 3.05) is 33.9 Å². The lowest BCUT2D eigenvalue weighted by Gasteiger charge is -2.29. The maximum atomic E-state index is 13.6. The Morgan fingerprint density at radius 1 is 1.11 bits per heavy atom. The fraction of sp³-hybridized carbons (Fsp3) is 0.409. The van der Waals surface area contributed by atoms with Gasteiger partial charge in [-0.1, -0.05) is 18.2 Å². The highest BCUT2D eigenvalue weighted by molar-refractivity contribution is 5.76. The van der Waals surface area contributed by atoms with E-state index in [0.717, 1.165) is 17.7 Å². The minimum absolute atomic E-state index is 0.124. The Morgan fingerprint density at radius 2 is 1.82 bits per heavy atom. The third kappa shape index (κ3) is 4.81. The summed E-state index contributed by atoms with van der Waals surface area (Å²) in [6, 6.07) is 10.7. The number of fused-ring (bicyclic) bond motifs is 1. The van der Waals surface area contributed by atoms with Gasteiger partial charge in [-0.25, -0.2) is 4.39 Å². The first kappa shape index (κ1) is 20.1. The fourth-order valence-electron chi connectivity index (χ4n) is 3.50. The first-order valence-corrected chi connectivity index (χ1v) is 9.58. The molecule has 0 saturated heterocycles. The van der Waals surface area contributed by atoms with Crippen LogP contribution >= 0.6 is 0 Å². The van der Waals surface area contributed by atoms with Crippen molar-refractivity contribution in [2.45, 2.75) is 25.8 Å². The van der Waals surface area contributed by atoms with Gasteiger partial charge in [-0.2, -0.15) is 0 Å². The molecule has 3 rings (SSSR count). The lowest BCUT2D eigenvalue weighted by Crippen LogP contribution is -2.37. The van der Waals surface area contributed by atoms with E-state index in [1.54, 1.807) is 26.4 Å². The van der Waals surface area contributed by atoms with Crippen LogP contribution in [0.4, 0.5) is 4.39 Å². The van der Waals surface area contributed by atoms with E-state index in [-0.39, 0.29) is 11.7 Å². The molecule has 1 aliphatic heterocycles. The van der Waals surface area contributed by atoms with E-state index in [2.05, 4.69) is 5.32 Å². The summed E-state index contributed by atoms with van der Waals surface area (Å²) < 4.78 is 24.3. The highest BCUT2D eigenvalue weighted by atomic mass is 19.1. The number of halogens is 1. The number of amides is 1. The Balaban J connectivity index is 1.46. The Hall–Kier alpha value is -2.60. The third-order valence-corrected chi connectivity index (χ3v) is 5.12. The maximum absolute atomic E-state index is 13.6. The topological polar surface area (TPSA) is 50.8 Å². The van der Waals surface area contributed by atoms with Crippen molar-refractivity contribution >= 4 is 5.91 Å². The van der Waals surface area contributed by atoms with Crippen molar-refractivity contribution in [3.8, 4) is 11.5 Å². The van der Waals surface area contributed by atoms with Crippen molar-refractivity contribution in [1.29, 1.82) is 0 Å². The van der Waals surface area contributed by atoms with Gasteiger partial charge in [0.1, 0.15) is 5.82 Å². The molecule has 0 atom stereocenters. The van der Waals surface area contributed by atoms with Gasteiger partial charge in [0.05, 0.1) is 14.2 Å². The van der Waals surface area contributed by atoms with Gasteiger partial charge in [-0.3, -0.25) is 4.79 Å². The highest BCUT2D eigenvalue weighted by Crippen LogP contribution is 2.33. The highest BCUT2D eigenvalue weighted by Gasteiger charge is 2.22. The van der Waals surface area contributed by atoms with Crippen LogP contribution in [0.1, 0.15) is 23.1 Å². The second kappa shape index (κ2) is 9.55. The zero-order valence-corrected chi connectivity index (χ0v) is 16.5. The average Bonchev–Trinajstić information content (AvgIpc) is 2.73. The van der Waals surface area contributed by atoms with Crippen LogP contribution in [0.5, 0.6) is 11.5 Å². The van der Waals surface area contributed by atoms with Crippen molar-refractivity contribution in [2.24, 2.45) is 0 Å². The lowest BCUT2D eigenvalue weighted by molar-refractivity contribution is -0.132. The fourth-order valence-corrected chi connectivity index (χ4v) is 3.50. The Bertz CT molecular complexity index is 825. The smallest absolute Gasteiger partial charge is 0.224 e. The molecule has 1 aliphatic rings. The summed E-state index contributed by atoms with van der Waals surface area (Å²) in [5, 5.41) is 3.23. The maximum Gasteiger partial charge on any atom is 0.224 e. The summed E-state index contributed by atoms with van der Waals surface area (Å²) in [7, 11) is 3.24. The monoisotopic (exact) mass is 386 g/mol. The van der Waals surface area contributed by atoms with Crippen LogP contribution in [-0.2, 0) is 24.2 Å².